The van der Waals surface area contributed by atoms with Crippen molar-refractivity contribution in [3.05, 3.63) is 65.5 Å². The van der Waals surface area contributed by atoms with Crippen LogP contribution in [-0.2, 0) is 6.18 Å². The second-order valence-electron chi connectivity index (χ2n) is 9.19. The number of aromatic nitrogens is 3. The first kappa shape index (κ1) is 25.7. The molecule has 2 heterocycles. The lowest BCUT2D eigenvalue weighted by Gasteiger charge is -2.15. The van der Waals surface area contributed by atoms with Gasteiger partial charge in [-0.3, -0.25) is 4.90 Å². The molecule has 1 aliphatic heterocycles. The topological polar surface area (TPSA) is 83.4 Å². The molecular formula is C27H25F4N5O2. The fourth-order valence-electron chi connectivity index (χ4n) is 4.55. The van der Waals surface area contributed by atoms with Crippen molar-refractivity contribution in [3.8, 4) is 22.6 Å². The number of phenols is 1. The van der Waals surface area contributed by atoms with E-state index < -0.39 is 17.6 Å². The average Bonchev–Trinajstić information content (AvgIpc) is 3.38. The Hall–Kier alpha value is -3.99. The van der Waals surface area contributed by atoms with Crippen LogP contribution in [0.5, 0.6) is 11.5 Å². The molecule has 0 saturated carbocycles. The van der Waals surface area contributed by atoms with E-state index in [2.05, 4.69) is 25.4 Å². The van der Waals surface area contributed by atoms with E-state index >= 15 is 0 Å². The summed E-state index contributed by atoms with van der Waals surface area (Å²) in [5.41, 5.74) is 0.803. The van der Waals surface area contributed by atoms with Crippen molar-refractivity contribution in [1.82, 2.24) is 20.1 Å². The van der Waals surface area contributed by atoms with E-state index in [0.29, 0.717) is 23.4 Å². The Morgan fingerprint density at radius 3 is 2.55 bits per heavy atom. The number of alkyl halides is 3. The molecule has 38 heavy (non-hydrogen) atoms. The minimum absolute atomic E-state index is 0.101. The fourth-order valence-corrected chi connectivity index (χ4v) is 4.55. The SMILES string of the molecule is Cc1cc(-c2cc(O)ccc2C(F)(F)F)cc2nnc(Nc3ccc(OCCN4CCCC4)c(F)c3)nc12. The quantitative estimate of drug-likeness (QED) is 0.282. The van der Waals surface area contributed by atoms with Crippen LogP contribution in [0.3, 0.4) is 0 Å². The van der Waals surface area contributed by atoms with Gasteiger partial charge in [-0.1, -0.05) is 0 Å². The summed E-state index contributed by atoms with van der Waals surface area (Å²) >= 11 is 0. The normalized spacial score (nSPS) is 14.2. The number of fused-ring (bicyclic) bond motifs is 1. The zero-order valence-corrected chi connectivity index (χ0v) is 20.5. The molecular weight excluding hydrogens is 502 g/mol. The molecule has 0 radical (unpaired) electrons. The van der Waals surface area contributed by atoms with Crippen LogP contribution < -0.4 is 10.1 Å². The van der Waals surface area contributed by atoms with Gasteiger partial charge in [-0.15, -0.1) is 10.2 Å². The molecule has 0 unspecified atom stereocenters. The van der Waals surface area contributed by atoms with Gasteiger partial charge in [0, 0.05) is 18.3 Å². The van der Waals surface area contributed by atoms with Crippen LogP contribution in [0.1, 0.15) is 24.0 Å². The van der Waals surface area contributed by atoms with E-state index in [1.54, 1.807) is 19.1 Å². The molecule has 3 aromatic carbocycles. The monoisotopic (exact) mass is 527 g/mol. The summed E-state index contributed by atoms with van der Waals surface area (Å²) < 4.78 is 60.8. The van der Waals surface area contributed by atoms with Gasteiger partial charge in [0.25, 0.3) is 0 Å². The third-order valence-corrected chi connectivity index (χ3v) is 6.42. The van der Waals surface area contributed by atoms with Crippen molar-refractivity contribution in [2.24, 2.45) is 0 Å². The van der Waals surface area contributed by atoms with Crippen LogP contribution in [0.25, 0.3) is 22.2 Å². The number of hydrogen-bond donors (Lipinski definition) is 2. The summed E-state index contributed by atoms with van der Waals surface area (Å²) in [6.07, 6.45) is -2.25. The highest BCUT2D eigenvalue weighted by molar-refractivity contribution is 5.86. The Morgan fingerprint density at radius 1 is 1.03 bits per heavy atom. The second kappa shape index (κ2) is 10.4. The standard InChI is InChI=1S/C27H25F4N5O2/c1-16-12-17(20-15-19(37)5-6-21(20)27(29,30)31)13-23-25(16)33-26(35-34-23)32-18-4-7-24(22(28)14-18)38-11-10-36-8-2-3-9-36/h4-7,12-15,37H,2-3,8-11H2,1H3,(H,32,33,35). The van der Waals surface area contributed by atoms with Crippen LogP contribution >= 0.6 is 0 Å². The number of aryl methyl sites for hydroxylation is 1. The Balaban J connectivity index is 1.35. The number of rotatable bonds is 7. The summed E-state index contributed by atoms with van der Waals surface area (Å²) in [4.78, 5) is 6.70. The molecule has 5 rings (SSSR count). The molecule has 0 aliphatic carbocycles. The summed E-state index contributed by atoms with van der Waals surface area (Å²) in [7, 11) is 0. The van der Waals surface area contributed by atoms with E-state index in [4.69, 9.17) is 4.74 Å². The molecule has 11 heteroatoms. The van der Waals surface area contributed by atoms with Gasteiger partial charge in [0.05, 0.1) is 11.1 Å². The van der Waals surface area contributed by atoms with Gasteiger partial charge >= 0.3 is 6.18 Å². The molecule has 1 aromatic heterocycles. The van der Waals surface area contributed by atoms with Crippen molar-refractivity contribution in [1.29, 1.82) is 0 Å². The van der Waals surface area contributed by atoms with Gasteiger partial charge < -0.3 is 15.2 Å². The Morgan fingerprint density at radius 2 is 1.82 bits per heavy atom. The lowest BCUT2D eigenvalue weighted by molar-refractivity contribution is -0.137. The Bertz CT molecular complexity index is 1470. The molecule has 198 valence electrons. The van der Waals surface area contributed by atoms with E-state index in [1.807, 2.05) is 0 Å². The number of phenolic OH excluding ortho intramolecular Hbond substituents is 1. The van der Waals surface area contributed by atoms with Crippen LogP contribution in [-0.4, -0.2) is 51.4 Å². The Kier molecular flexibility index (Phi) is 7.02. The number of hydrogen-bond acceptors (Lipinski definition) is 7. The van der Waals surface area contributed by atoms with Crippen molar-refractivity contribution >= 4 is 22.7 Å². The lowest BCUT2D eigenvalue weighted by atomic mass is 9.96. The summed E-state index contributed by atoms with van der Waals surface area (Å²) in [6.45, 7) is 4.92. The van der Waals surface area contributed by atoms with Crippen LogP contribution in [0.2, 0.25) is 0 Å². The van der Waals surface area contributed by atoms with Gasteiger partial charge in [0.1, 0.15) is 17.9 Å². The van der Waals surface area contributed by atoms with E-state index in [1.165, 1.54) is 31.0 Å². The fraction of sp³-hybridized carbons (Fsp3) is 0.296. The lowest BCUT2D eigenvalue weighted by Crippen LogP contribution is -2.25. The number of likely N-dealkylation sites (tertiary alicyclic amines) is 1. The maximum atomic E-state index is 14.6. The molecule has 2 N–H and O–H groups in total. The molecule has 0 amide bonds. The minimum Gasteiger partial charge on any atom is -0.508 e. The molecule has 1 saturated heterocycles. The summed E-state index contributed by atoms with van der Waals surface area (Å²) in [5.74, 6) is -0.563. The number of aromatic hydroxyl groups is 1. The minimum atomic E-state index is -4.60. The third-order valence-electron chi connectivity index (χ3n) is 6.42. The molecule has 7 nitrogen and oxygen atoms in total. The summed E-state index contributed by atoms with van der Waals surface area (Å²) in [6, 6.07) is 10.3. The maximum Gasteiger partial charge on any atom is 0.417 e. The number of nitrogens with zero attached hydrogens (tertiary/aromatic N) is 4. The highest BCUT2D eigenvalue weighted by Gasteiger charge is 2.34. The van der Waals surface area contributed by atoms with Crippen LogP contribution in [0.4, 0.5) is 29.2 Å². The zero-order chi connectivity index (χ0) is 26.9. The maximum absolute atomic E-state index is 14.6. The van der Waals surface area contributed by atoms with Crippen LogP contribution in [0, 0.1) is 12.7 Å². The number of ether oxygens (including phenoxy) is 1. The van der Waals surface area contributed by atoms with Crippen molar-refractivity contribution in [2.75, 3.05) is 31.6 Å². The second-order valence-corrected chi connectivity index (χ2v) is 9.19. The smallest absolute Gasteiger partial charge is 0.417 e. The average molecular weight is 528 g/mol. The summed E-state index contributed by atoms with van der Waals surface area (Å²) in [5, 5.41) is 20.8. The first-order valence-corrected chi connectivity index (χ1v) is 12.1. The van der Waals surface area contributed by atoms with Gasteiger partial charge in [0.15, 0.2) is 11.6 Å². The Labute approximate surface area is 216 Å². The number of anilines is 2. The van der Waals surface area contributed by atoms with Gasteiger partial charge in [-0.25, -0.2) is 9.37 Å². The van der Waals surface area contributed by atoms with Gasteiger partial charge in [0.2, 0.25) is 5.95 Å². The molecule has 4 aromatic rings. The molecule has 0 atom stereocenters. The molecule has 1 aliphatic rings. The first-order chi connectivity index (χ1) is 18.2. The van der Waals surface area contributed by atoms with E-state index in [9.17, 15) is 22.7 Å². The third kappa shape index (κ3) is 5.62. The number of halogens is 4. The van der Waals surface area contributed by atoms with Crippen LogP contribution in [0.15, 0.2) is 48.5 Å². The van der Waals surface area contributed by atoms with E-state index in [-0.39, 0.29) is 34.1 Å². The van der Waals surface area contributed by atoms with Crippen molar-refractivity contribution in [2.45, 2.75) is 25.9 Å². The largest absolute Gasteiger partial charge is 0.508 e. The molecule has 0 spiro atoms. The highest BCUT2D eigenvalue weighted by Crippen LogP contribution is 2.39. The van der Waals surface area contributed by atoms with Crippen molar-refractivity contribution < 1.29 is 27.4 Å². The number of nitrogens with one attached hydrogen (secondary N) is 1. The van der Waals surface area contributed by atoms with Gasteiger partial charge in [-0.05, 0) is 92.0 Å². The first-order valence-electron chi connectivity index (χ1n) is 12.1. The predicted octanol–water partition coefficient (Wildman–Crippen LogP) is 6.08. The number of benzene rings is 3. The molecule has 0 bridgehead atoms. The molecule has 1 fully saturated rings. The highest BCUT2D eigenvalue weighted by atomic mass is 19.4. The zero-order valence-electron chi connectivity index (χ0n) is 20.5. The predicted molar refractivity (Wildman–Crippen MR) is 135 cm³/mol. The van der Waals surface area contributed by atoms with Crippen molar-refractivity contribution in [3.63, 3.8) is 0 Å². The van der Waals surface area contributed by atoms with Gasteiger partial charge in [-0.2, -0.15) is 13.2 Å². The van der Waals surface area contributed by atoms with E-state index in [0.717, 1.165) is 37.8 Å².